The van der Waals surface area contributed by atoms with Crippen LogP contribution in [0.3, 0.4) is 0 Å². The Kier molecular flexibility index (Phi) is 2.92. The van der Waals surface area contributed by atoms with Gasteiger partial charge in [0.05, 0.1) is 7.11 Å². The van der Waals surface area contributed by atoms with Crippen LogP contribution in [0.2, 0.25) is 0 Å². The van der Waals surface area contributed by atoms with E-state index < -0.39 is 11.6 Å². The molecule has 1 nitrogen and oxygen atoms in total. The van der Waals surface area contributed by atoms with Crippen LogP contribution in [0.4, 0.5) is 8.78 Å². The summed E-state index contributed by atoms with van der Waals surface area (Å²) < 4.78 is 30.5. The van der Waals surface area contributed by atoms with E-state index in [4.69, 9.17) is 0 Å². The molecule has 0 radical (unpaired) electrons. The zero-order valence-corrected chi connectivity index (χ0v) is 7.54. The molecule has 0 heterocycles. The molecule has 0 spiro atoms. The van der Waals surface area contributed by atoms with Crippen LogP contribution >= 0.6 is 11.8 Å². The molecule has 0 aliphatic heterocycles. The van der Waals surface area contributed by atoms with Crippen molar-refractivity contribution >= 4 is 11.8 Å². The van der Waals surface area contributed by atoms with E-state index in [0.29, 0.717) is 0 Å². The van der Waals surface area contributed by atoms with Gasteiger partial charge < -0.3 is 4.74 Å². The molecule has 0 saturated heterocycles. The van der Waals surface area contributed by atoms with Gasteiger partial charge in [0, 0.05) is 4.90 Å². The number of benzene rings is 1. The molecule has 1 aromatic rings. The fourth-order valence-corrected chi connectivity index (χ4v) is 1.30. The molecular formula is C8H8F2OS. The van der Waals surface area contributed by atoms with Crippen molar-refractivity contribution in [3.63, 3.8) is 0 Å². The molecule has 12 heavy (non-hydrogen) atoms. The standard InChI is InChI=1S/C8H8F2OS/c1-11-5-3-4-6(12-2)8(10)7(5)9/h3-4H,1-2H3. The predicted octanol–water partition coefficient (Wildman–Crippen LogP) is 2.70. The summed E-state index contributed by atoms with van der Waals surface area (Å²) in [6.07, 6.45) is 1.68. The van der Waals surface area contributed by atoms with Gasteiger partial charge in [-0.1, -0.05) is 0 Å². The molecule has 0 amide bonds. The van der Waals surface area contributed by atoms with Crippen LogP contribution in [0, 0.1) is 11.6 Å². The summed E-state index contributed by atoms with van der Waals surface area (Å²) >= 11 is 1.16. The Hall–Kier alpha value is -0.770. The zero-order valence-electron chi connectivity index (χ0n) is 6.73. The van der Waals surface area contributed by atoms with Crippen molar-refractivity contribution in [3.8, 4) is 5.75 Å². The first-order valence-corrected chi connectivity index (χ1v) is 4.49. The lowest BCUT2D eigenvalue weighted by Gasteiger charge is -2.04. The van der Waals surface area contributed by atoms with E-state index in [2.05, 4.69) is 4.74 Å². The highest BCUT2D eigenvalue weighted by Gasteiger charge is 2.12. The lowest BCUT2D eigenvalue weighted by molar-refractivity contribution is 0.368. The lowest BCUT2D eigenvalue weighted by atomic mass is 10.3. The average Bonchev–Trinajstić information content (AvgIpc) is 2.10. The van der Waals surface area contributed by atoms with Gasteiger partial charge in [-0.25, -0.2) is 4.39 Å². The van der Waals surface area contributed by atoms with Crippen LogP contribution in [-0.2, 0) is 0 Å². The minimum atomic E-state index is -0.927. The Morgan fingerprint density at radius 1 is 1.25 bits per heavy atom. The second kappa shape index (κ2) is 3.76. The summed E-state index contributed by atoms with van der Waals surface area (Å²) in [6, 6.07) is 2.90. The highest BCUT2D eigenvalue weighted by molar-refractivity contribution is 7.98. The Bertz CT molecular complexity index is 260. The van der Waals surface area contributed by atoms with Crippen LogP contribution in [-0.4, -0.2) is 13.4 Å². The van der Waals surface area contributed by atoms with Gasteiger partial charge in [0.1, 0.15) is 0 Å². The zero-order chi connectivity index (χ0) is 9.14. The summed E-state index contributed by atoms with van der Waals surface area (Å²) in [7, 11) is 1.30. The first kappa shape index (κ1) is 9.32. The highest BCUT2D eigenvalue weighted by Crippen LogP contribution is 2.27. The van der Waals surface area contributed by atoms with Crippen molar-refractivity contribution in [3.05, 3.63) is 23.8 Å². The van der Waals surface area contributed by atoms with E-state index in [0.717, 1.165) is 11.8 Å². The van der Waals surface area contributed by atoms with E-state index >= 15 is 0 Å². The number of halogens is 2. The van der Waals surface area contributed by atoms with E-state index in [1.54, 1.807) is 6.26 Å². The van der Waals surface area contributed by atoms with Gasteiger partial charge in [-0.15, -0.1) is 11.8 Å². The second-order valence-electron chi connectivity index (χ2n) is 2.10. The first-order chi connectivity index (χ1) is 5.70. The number of ether oxygens (including phenoxy) is 1. The topological polar surface area (TPSA) is 9.23 Å². The van der Waals surface area contributed by atoms with Crippen molar-refractivity contribution in [1.29, 1.82) is 0 Å². The van der Waals surface area contributed by atoms with E-state index in [1.165, 1.54) is 19.2 Å². The summed E-state index contributed by atoms with van der Waals surface area (Å²) in [6.45, 7) is 0. The van der Waals surface area contributed by atoms with E-state index in [1.807, 2.05) is 0 Å². The summed E-state index contributed by atoms with van der Waals surface area (Å²) in [5, 5.41) is 0. The third kappa shape index (κ3) is 1.53. The Morgan fingerprint density at radius 3 is 2.42 bits per heavy atom. The van der Waals surface area contributed by atoms with Crippen LogP contribution in [0.25, 0.3) is 0 Å². The monoisotopic (exact) mass is 190 g/mol. The Labute approximate surface area is 73.7 Å². The minimum absolute atomic E-state index is 0.0645. The molecule has 1 aromatic carbocycles. The molecule has 4 heteroatoms. The van der Waals surface area contributed by atoms with Crippen LogP contribution in [0.5, 0.6) is 5.75 Å². The molecule has 0 unspecified atom stereocenters. The summed E-state index contributed by atoms with van der Waals surface area (Å²) in [5.74, 6) is -1.84. The predicted molar refractivity (Wildman–Crippen MR) is 44.7 cm³/mol. The third-order valence-electron chi connectivity index (χ3n) is 1.45. The Balaban J connectivity index is 3.20. The Morgan fingerprint density at radius 2 is 1.92 bits per heavy atom. The number of hydrogen-bond donors (Lipinski definition) is 0. The molecule has 0 saturated carbocycles. The van der Waals surface area contributed by atoms with Gasteiger partial charge in [0.25, 0.3) is 0 Å². The fraction of sp³-hybridized carbons (Fsp3) is 0.250. The van der Waals surface area contributed by atoms with Crippen molar-refractivity contribution in [1.82, 2.24) is 0 Å². The van der Waals surface area contributed by atoms with Crippen LogP contribution in [0.15, 0.2) is 17.0 Å². The maximum atomic E-state index is 13.0. The van der Waals surface area contributed by atoms with Gasteiger partial charge >= 0.3 is 0 Å². The van der Waals surface area contributed by atoms with E-state index in [-0.39, 0.29) is 10.6 Å². The second-order valence-corrected chi connectivity index (χ2v) is 2.95. The number of methoxy groups -OCH3 is 1. The molecule has 0 fully saturated rings. The minimum Gasteiger partial charge on any atom is -0.494 e. The van der Waals surface area contributed by atoms with Crippen molar-refractivity contribution in [2.24, 2.45) is 0 Å². The van der Waals surface area contributed by atoms with Crippen molar-refractivity contribution in [2.75, 3.05) is 13.4 Å². The highest BCUT2D eigenvalue weighted by atomic mass is 32.2. The van der Waals surface area contributed by atoms with Gasteiger partial charge in [-0.05, 0) is 18.4 Å². The molecular weight excluding hydrogens is 182 g/mol. The molecule has 66 valence electrons. The van der Waals surface area contributed by atoms with Gasteiger partial charge in [-0.3, -0.25) is 0 Å². The smallest absolute Gasteiger partial charge is 0.201 e. The van der Waals surface area contributed by atoms with Crippen molar-refractivity contribution in [2.45, 2.75) is 4.90 Å². The van der Waals surface area contributed by atoms with E-state index in [9.17, 15) is 8.78 Å². The molecule has 0 N–H and O–H groups in total. The fourth-order valence-electron chi connectivity index (χ4n) is 0.829. The third-order valence-corrected chi connectivity index (χ3v) is 2.21. The normalized spacial score (nSPS) is 10.0. The molecule has 0 aliphatic rings. The molecule has 0 bridgehead atoms. The number of thioether (sulfide) groups is 1. The van der Waals surface area contributed by atoms with Crippen LogP contribution in [0.1, 0.15) is 0 Å². The summed E-state index contributed by atoms with van der Waals surface area (Å²) in [4.78, 5) is 0.285. The molecule has 0 aliphatic carbocycles. The number of rotatable bonds is 2. The van der Waals surface area contributed by atoms with Gasteiger partial charge in [0.2, 0.25) is 5.82 Å². The molecule has 0 aromatic heterocycles. The molecule has 0 atom stereocenters. The van der Waals surface area contributed by atoms with Gasteiger partial charge in [-0.2, -0.15) is 4.39 Å². The quantitative estimate of drug-likeness (QED) is 0.663. The largest absolute Gasteiger partial charge is 0.494 e. The van der Waals surface area contributed by atoms with Gasteiger partial charge in [0.15, 0.2) is 11.6 Å². The van der Waals surface area contributed by atoms with Crippen LogP contribution < -0.4 is 4.74 Å². The van der Waals surface area contributed by atoms with Crippen molar-refractivity contribution < 1.29 is 13.5 Å². The summed E-state index contributed by atoms with van der Waals surface area (Å²) in [5.41, 5.74) is 0. The maximum Gasteiger partial charge on any atom is 0.201 e. The molecule has 1 rings (SSSR count). The SMILES string of the molecule is COc1ccc(SC)c(F)c1F. The average molecular weight is 190 g/mol. The maximum absolute atomic E-state index is 13.0. The first-order valence-electron chi connectivity index (χ1n) is 3.26. The lowest BCUT2D eigenvalue weighted by Crippen LogP contribution is -1.93. The number of hydrogen-bond acceptors (Lipinski definition) is 2.